The predicted octanol–water partition coefficient (Wildman–Crippen LogP) is 2.26. The first-order valence-electron chi connectivity index (χ1n) is 5.82. The molecule has 2 aromatic rings. The van der Waals surface area contributed by atoms with Gasteiger partial charge < -0.3 is 5.73 Å². The van der Waals surface area contributed by atoms with Crippen molar-refractivity contribution in [2.75, 3.05) is 5.73 Å². The van der Waals surface area contributed by atoms with Crippen LogP contribution < -0.4 is 10.5 Å². The summed E-state index contributed by atoms with van der Waals surface area (Å²) in [5.74, 6) is -0.0532. The molecule has 0 aliphatic rings. The maximum absolute atomic E-state index is 11.9. The third-order valence-corrected chi connectivity index (χ3v) is 4.87. The summed E-state index contributed by atoms with van der Waals surface area (Å²) in [5.41, 5.74) is 6.89. The van der Waals surface area contributed by atoms with E-state index in [2.05, 4.69) is 4.72 Å². The van der Waals surface area contributed by atoms with Crippen LogP contribution in [0.25, 0.3) is 0 Å². The average molecular weight is 296 g/mol. The minimum absolute atomic E-state index is 0.0532. The molecule has 6 heteroatoms. The summed E-state index contributed by atoms with van der Waals surface area (Å²) in [5, 5.41) is 0. The van der Waals surface area contributed by atoms with E-state index < -0.39 is 10.0 Å². The first-order valence-corrected chi connectivity index (χ1v) is 8.28. The van der Waals surface area contributed by atoms with E-state index in [1.54, 1.807) is 35.6 Å². The Morgan fingerprint density at radius 1 is 1.26 bits per heavy atom. The molecular formula is C13H16N2O2S2. The summed E-state index contributed by atoms with van der Waals surface area (Å²) in [6.07, 6.45) is 0. The van der Waals surface area contributed by atoms with E-state index in [1.165, 1.54) is 4.88 Å². The number of aryl methyl sites for hydroxylation is 1. The molecule has 0 amide bonds. The molecule has 0 fully saturated rings. The summed E-state index contributed by atoms with van der Waals surface area (Å²) >= 11 is 1.59. The average Bonchev–Trinajstić information content (AvgIpc) is 2.72. The molecule has 0 radical (unpaired) electrons. The smallest absolute Gasteiger partial charge is 0.216 e. The van der Waals surface area contributed by atoms with Gasteiger partial charge in [-0.05, 0) is 36.8 Å². The Hall–Kier alpha value is -1.37. The first kappa shape index (κ1) is 14.0. The van der Waals surface area contributed by atoms with Crippen LogP contribution >= 0.6 is 11.3 Å². The van der Waals surface area contributed by atoms with Crippen LogP contribution in [0.3, 0.4) is 0 Å². The lowest BCUT2D eigenvalue weighted by Gasteiger charge is -2.06. The van der Waals surface area contributed by atoms with E-state index in [0.717, 1.165) is 4.88 Å². The number of benzene rings is 1. The van der Waals surface area contributed by atoms with Gasteiger partial charge in [0.15, 0.2) is 0 Å². The van der Waals surface area contributed by atoms with Gasteiger partial charge in [0.25, 0.3) is 0 Å². The van der Waals surface area contributed by atoms with Gasteiger partial charge in [-0.2, -0.15) is 0 Å². The molecule has 0 saturated heterocycles. The number of nitrogens with one attached hydrogen (secondary N) is 1. The first-order chi connectivity index (χ1) is 8.94. The molecule has 102 valence electrons. The number of nitrogens with two attached hydrogens (primary N) is 1. The van der Waals surface area contributed by atoms with Crippen LogP contribution in [-0.4, -0.2) is 8.42 Å². The minimum atomic E-state index is -3.34. The second kappa shape index (κ2) is 5.73. The van der Waals surface area contributed by atoms with Crippen molar-refractivity contribution >= 4 is 27.0 Å². The fraction of sp³-hybridized carbons (Fsp3) is 0.231. The van der Waals surface area contributed by atoms with Crippen molar-refractivity contribution in [3.63, 3.8) is 0 Å². The minimum Gasteiger partial charge on any atom is -0.399 e. The van der Waals surface area contributed by atoms with Gasteiger partial charge in [-0.1, -0.05) is 12.1 Å². The van der Waals surface area contributed by atoms with Crippen LogP contribution in [0.5, 0.6) is 0 Å². The summed E-state index contributed by atoms with van der Waals surface area (Å²) < 4.78 is 26.5. The quantitative estimate of drug-likeness (QED) is 0.831. The van der Waals surface area contributed by atoms with Gasteiger partial charge in [-0.3, -0.25) is 0 Å². The molecule has 3 N–H and O–H groups in total. The molecule has 0 bridgehead atoms. The zero-order valence-corrected chi connectivity index (χ0v) is 12.2. The Labute approximate surface area is 117 Å². The number of rotatable bonds is 5. The van der Waals surface area contributed by atoms with E-state index in [4.69, 9.17) is 5.73 Å². The Morgan fingerprint density at radius 2 is 2.05 bits per heavy atom. The topological polar surface area (TPSA) is 72.2 Å². The number of hydrogen-bond acceptors (Lipinski definition) is 4. The van der Waals surface area contributed by atoms with Crippen molar-refractivity contribution in [1.29, 1.82) is 0 Å². The summed E-state index contributed by atoms with van der Waals surface area (Å²) in [6.45, 7) is 2.33. The van der Waals surface area contributed by atoms with Crippen LogP contribution in [0.15, 0.2) is 36.4 Å². The van der Waals surface area contributed by atoms with Crippen molar-refractivity contribution in [3.05, 3.63) is 51.7 Å². The molecule has 1 aromatic heterocycles. The highest BCUT2D eigenvalue weighted by Crippen LogP contribution is 2.15. The van der Waals surface area contributed by atoms with Gasteiger partial charge in [0.2, 0.25) is 10.0 Å². The van der Waals surface area contributed by atoms with Crippen LogP contribution in [-0.2, 0) is 22.3 Å². The van der Waals surface area contributed by atoms with Crippen LogP contribution in [0.2, 0.25) is 0 Å². The highest BCUT2D eigenvalue weighted by Gasteiger charge is 2.11. The molecule has 2 rings (SSSR count). The number of anilines is 1. The van der Waals surface area contributed by atoms with E-state index in [9.17, 15) is 8.42 Å². The Kier molecular flexibility index (Phi) is 4.24. The van der Waals surface area contributed by atoms with Crippen LogP contribution in [0.4, 0.5) is 5.69 Å². The molecule has 4 nitrogen and oxygen atoms in total. The fourth-order valence-electron chi connectivity index (χ4n) is 1.71. The Morgan fingerprint density at radius 3 is 2.68 bits per heavy atom. The highest BCUT2D eigenvalue weighted by atomic mass is 32.2. The van der Waals surface area contributed by atoms with E-state index in [0.29, 0.717) is 17.8 Å². The van der Waals surface area contributed by atoms with E-state index in [1.807, 2.05) is 19.1 Å². The molecule has 1 heterocycles. The van der Waals surface area contributed by atoms with Gasteiger partial charge in [-0.15, -0.1) is 11.3 Å². The molecule has 0 saturated carbocycles. The van der Waals surface area contributed by atoms with Gasteiger partial charge >= 0.3 is 0 Å². The number of hydrogen-bond donors (Lipinski definition) is 2. The maximum atomic E-state index is 11.9. The monoisotopic (exact) mass is 296 g/mol. The molecule has 0 aliphatic heterocycles. The van der Waals surface area contributed by atoms with Crippen LogP contribution in [0, 0.1) is 6.92 Å². The largest absolute Gasteiger partial charge is 0.399 e. The Bertz CT molecular complexity index is 663. The molecule has 0 spiro atoms. The molecule has 0 aliphatic carbocycles. The molecular weight excluding hydrogens is 280 g/mol. The lowest BCUT2D eigenvalue weighted by molar-refractivity contribution is 0.581. The third-order valence-electron chi connectivity index (χ3n) is 2.57. The van der Waals surface area contributed by atoms with Gasteiger partial charge in [-0.25, -0.2) is 13.1 Å². The third kappa shape index (κ3) is 4.34. The van der Waals surface area contributed by atoms with E-state index in [-0.39, 0.29) is 5.75 Å². The van der Waals surface area contributed by atoms with Gasteiger partial charge in [0.05, 0.1) is 5.75 Å². The second-order valence-corrected chi connectivity index (χ2v) is 7.52. The molecule has 0 unspecified atom stereocenters. The summed E-state index contributed by atoms with van der Waals surface area (Å²) in [7, 11) is -3.34. The van der Waals surface area contributed by atoms with Crippen molar-refractivity contribution in [1.82, 2.24) is 4.72 Å². The van der Waals surface area contributed by atoms with Gasteiger partial charge in [0.1, 0.15) is 0 Å². The zero-order valence-electron chi connectivity index (χ0n) is 10.6. The molecule has 19 heavy (non-hydrogen) atoms. The van der Waals surface area contributed by atoms with E-state index >= 15 is 0 Å². The fourth-order valence-corrected chi connectivity index (χ4v) is 3.73. The number of nitrogen functional groups attached to an aromatic ring is 1. The lowest BCUT2D eigenvalue weighted by atomic mass is 10.2. The number of sulfonamides is 1. The van der Waals surface area contributed by atoms with Crippen molar-refractivity contribution in [2.45, 2.75) is 19.2 Å². The standard InChI is InChI=1S/C13H16N2O2S2/c1-10-5-6-13(18-10)8-15-19(16,17)9-11-3-2-4-12(14)7-11/h2-7,15H,8-9,14H2,1H3. The predicted molar refractivity (Wildman–Crippen MR) is 79.4 cm³/mol. The van der Waals surface area contributed by atoms with Gasteiger partial charge in [0, 0.05) is 22.0 Å². The highest BCUT2D eigenvalue weighted by molar-refractivity contribution is 7.88. The zero-order chi connectivity index (χ0) is 13.9. The maximum Gasteiger partial charge on any atom is 0.216 e. The summed E-state index contributed by atoms with van der Waals surface area (Å²) in [4.78, 5) is 2.18. The number of thiophene rings is 1. The van der Waals surface area contributed by atoms with Crippen molar-refractivity contribution in [3.8, 4) is 0 Å². The van der Waals surface area contributed by atoms with Crippen molar-refractivity contribution < 1.29 is 8.42 Å². The normalized spacial score (nSPS) is 11.6. The second-order valence-electron chi connectivity index (χ2n) is 4.34. The molecule has 1 aromatic carbocycles. The SMILES string of the molecule is Cc1ccc(CNS(=O)(=O)Cc2cccc(N)c2)s1. The lowest BCUT2D eigenvalue weighted by Crippen LogP contribution is -2.24. The Balaban J connectivity index is 1.99. The summed E-state index contributed by atoms with van der Waals surface area (Å²) in [6, 6.07) is 10.8. The van der Waals surface area contributed by atoms with Crippen LogP contribution in [0.1, 0.15) is 15.3 Å². The van der Waals surface area contributed by atoms with Crippen molar-refractivity contribution in [2.24, 2.45) is 0 Å². The molecule has 0 atom stereocenters.